The number of H-pyrrole nitrogens is 1. The fraction of sp³-hybridized carbons (Fsp3) is 0. The maximum absolute atomic E-state index is 12.4. The lowest BCUT2D eigenvalue weighted by molar-refractivity contribution is 0.103. The van der Waals surface area contributed by atoms with Gasteiger partial charge < -0.3 is 5.32 Å². The maximum Gasteiger partial charge on any atom is 0.265 e. The number of aromatic nitrogens is 2. The SMILES string of the molecule is O=C(Nc1cccc2cn[nH]c12)c1cc2ccccc2s1. The van der Waals surface area contributed by atoms with Crippen molar-refractivity contribution in [2.24, 2.45) is 0 Å². The molecule has 0 spiro atoms. The summed E-state index contributed by atoms with van der Waals surface area (Å²) in [6.07, 6.45) is 1.74. The highest BCUT2D eigenvalue weighted by molar-refractivity contribution is 7.20. The van der Waals surface area contributed by atoms with Crippen molar-refractivity contribution >= 4 is 43.9 Å². The Morgan fingerprint density at radius 2 is 1.95 bits per heavy atom. The molecule has 4 rings (SSSR count). The van der Waals surface area contributed by atoms with E-state index in [-0.39, 0.29) is 5.91 Å². The lowest BCUT2D eigenvalue weighted by Gasteiger charge is -2.04. The van der Waals surface area contributed by atoms with Crippen LogP contribution in [0.25, 0.3) is 21.0 Å². The molecule has 0 saturated heterocycles. The predicted molar refractivity (Wildman–Crippen MR) is 85.9 cm³/mol. The molecule has 4 aromatic rings. The highest BCUT2D eigenvalue weighted by Crippen LogP contribution is 2.27. The van der Waals surface area contributed by atoms with Gasteiger partial charge in [0.25, 0.3) is 5.91 Å². The molecule has 5 heteroatoms. The van der Waals surface area contributed by atoms with Crippen LogP contribution in [0.3, 0.4) is 0 Å². The molecule has 2 N–H and O–H groups in total. The number of hydrogen-bond donors (Lipinski definition) is 2. The number of benzene rings is 2. The van der Waals surface area contributed by atoms with Crippen LogP contribution >= 0.6 is 11.3 Å². The van der Waals surface area contributed by atoms with Gasteiger partial charge in [0.05, 0.1) is 22.3 Å². The molecule has 0 fully saturated rings. The summed E-state index contributed by atoms with van der Waals surface area (Å²) >= 11 is 1.49. The molecule has 0 saturated carbocycles. The van der Waals surface area contributed by atoms with Gasteiger partial charge in [0, 0.05) is 10.1 Å². The number of rotatable bonds is 2. The van der Waals surface area contributed by atoms with Crippen molar-refractivity contribution in [1.29, 1.82) is 0 Å². The molecule has 0 aliphatic heterocycles. The standard InChI is InChI=1S/C16H11N3OS/c20-16(14-8-10-4-1-2-7-13(10)21-14)18-12-6-3-5-11-9-17-19-15(11)12/h1-9H,(H,17,19)(H,18,20). The van der Waals surface area contributed by atoms with Crippen molar-refractivity contribution in [3.8, 4) is 0 Å². The highest BCUT2D eigenvalue weighted by atomic mass is 32.1. The van der Waals surface area contributed by atoms with Gasteiger partial charge in [-0.05, 0) is 23.6 Å². The van der Waals surface area contributed by atoms with Crippen LogP contribution in [0.15, 0.2) is 54.7 Å². The number of nitrogens with one attached hydrogen (secondary N) is 2. The zero-order chi connectivity index (χ0) is 14.2. The van der Waals surface area contributed by atoms with Crippen molar-refractivity contribution in [3.63, 3.8) is 0 Å². The van der Waals surface area contributed by atoms with E-state index in [1.807, 2.05) is 48.5 Å². The van der Waals surface area contributed by atoms with Gasteiger partial charge in [-0.1, -0.05) is 30.3 Å². The van der Waals surface area contributed by atoms with Gasteiger partial charge in [-0.15, -0.1) is 11.3 Å². The van der Waals surface area contributed by atoms with E-state index in [1.54, 1.807) is 6.20 Å². The number of thiophene rings is 1. The van der Waals surface area contributed by atoms with Crippen molar-refractivity contribution in [2.75, 3.05) is 5.32 Å². The van der Waals surface area contributed by atoms with Gasteiger partial charge in [0.15, 0.2) is 0 Å². The van der Waals surface area contributed by atoms with Gasteiger partial charge >= 0.3 is 0 Å². The topological polar surface area (TPSA) is 57.8 Å². The van der Waals surface area contributed by atoms with Gasteiger partial charge in [-0.3, -0.25) is 9.89 Å². The Labute approximate surface area is 124 Å². The largest absolute Gasteiger partial charge is 0.319 e. The van der Waals surface area contributed by atoms with E-state index in [1.165, 1.54) is 11.3 Å². The molecule has 2 aromatic heterocycles. The predicted octanol–water partition coefficient (Wildman–Crippen LogP) is 4.03. The van der Waals surface area contributed by atoms with Gasteiger partial charge in [0.1, 0.15) is 0 Å². The Kier molecular flexibility index (Phi) is 2.72. The normalized spacial score (nSPS) is 11.0. The quantitative estimate of drug-likeness (QED) is 0.586. The zero-order valence-electron chi connectivity index (χ0n) is 11.0. The van der Waals surface area contributed by atoms with Crippen LogP contribution in [-0.2, 0) is 0 Å². The molecule has 21 heavy (non-hydrogen) atoms. The summed E-state index contributed by atoms with van der Waals surface area (Å²) in [7, 11) is 0. The average Bonchev–Trinajstić information content (AvgIpc) is 3.14. The number of carbonyl (C=O) groups is 1. The molecule has 0 aliphatic rings. The van der Waals surface area contributed by atoms with E-state index in [9.17, 15) is 4.79 Å². The molecule has 0 radical (unpaired) electrons. The summed E-state index contributed by atoms with van der Waals surface area (Å²) in [4.78, 5) is 13.1. The molecule has 1 amide bonds. The number of carbonyl (C=O) groups excluding carboxylic acids is 1. The number of amides is 1. The molecule has 102 valence electrons. The van der Waals surface area contributed by atoms with Crippen LogP contribution in [0, 0.1) is 0 Å². The molecule has 2 aromatic carbocycles. The van der Waals surface area contributed by atoms with Crippen LogP contribution < -0.4 is 5.32 Å². The van der Waals surface area contributed by atoms with Gasteiger partial charge in [-0.2, -0.15) is 5.10 Å². The Hall–Kier alpha value is -2.66. The van der Waals surface area contributed by atoms with Crippen molar-refractivity contribution in [2.45, 2.75) is 0 Å². The molecular formula is C16H11N3OS. The van der Waals surface area contributed by atoms with Crippen LogP contribution in [-0.4, -0.2) is 16.1 Å². The summed E-state index contributed by atoms with van der Waals surface area (Å²) in [5.41, 5.74) is 1.58. The number of nitrogens with zero attached hydrogens (tertiary/aromatic N) is 1. The minimum Gasteiger partial charge on any atom is -0.319 e. The van der Waals surface area contributed by atoms with Crippen molar-refractivity contribution in [3.05, 3.63) is 59.6 Å². The molecule has 4 nitrogen and oxygen atoms in total. The van der Waals surface area contributed by atoms with Gasteiger partial charge in [-0.25, -0.2) is 0 Å². The fourth-order valence-electron chi connectivity index (χ4n) is 2.35. The monoisotopic (exact) mass is 293 g/mol. The molecule has 2 heterocycles. The first kappa shape index (κ1) is 12.1. The smallest absolute Gasteiger partial charge is 0.265 e. The second-order valence-corrected chi connectivity index (χ2v) is 5.83. The number of anilines is 1. The lowest BCUT2D eigenvalue weighted by atomic mass is 10.2. The summed E-state index contributed by atoms with van der Waals surface area (Å²) in [6.45, 7) is 0. The van der Waals surface area contributed by atoms with E-state index < -0.39 is 0 Å². The van der Waals surface area contributed by atoms with Crippen molar-refractivity contribution in [1.82, 2.24) is 10.2 Å². The molecule has 0 atom stereocenters. The summed E-state index contributed by atoms with van der Waals surface area (Å²) < 4.78 is 1.11. The Morgan fingerprint density at radius 1 is 1.10 bits per heavy atom. The lowest BCUT2D eigenvalue weighted by Crippen LogP contribution is -2.10. The second kappa shape index (κ2) is 4.71. The molecule has 0 bridgehead atoms. The Morgan fingerprint density at radius 3 is 2.86 bits per heavy atom. The Balaban J connectivity index is 1.70. The number of para-hydroxylation sites is 1. The Bertz CT molecular complexity index is 921. The minimum atomic E-state index is -0.0988. The molecular weight excluding hydrogens is 282 g/mol. The summed E-state index contributed by atoms with van der Waals surface area (Å²) in [5, 5.41) is 11.9. The zero-order valence-corrected chi connectivity index (χ0v) is 11.8. The fourth-order valence-corrected chi connectivity index (χ4v) is 3.31. The third-order valence-corrected chi connectivity index (χ3v) is 4.49. The first-order valence-electron chi connectivity index (χ1n) is 6.53. The first-order chi connectivity index (χ1) is 10.3. The van der Waals surface area contributed by atoms with Crippen LogP contribution in [0.1, 0.15) is 9.67 Å². The van der Waals surface area contributed by atoms with E-state index in [2.05, 4.69) is 15.5 Å². The van der Waals surface area contributed by atoms with E-state index in [0.717, 1.165) is 26.7 Å². The third-order valence-electron chi connectivity index (χ3n) is 3.37. The second-order valence-electron chi connectivity index (χ2n) is 4.74. The van der Waals surface area contributed by atoms with E-state index in [4.69, 9.17) is 0 Å². The maximum atomic E-state index is 12.4. The van der Waals surface area contributed by atoms with Crippen LogP contribution in [0.2, 0.25) is 0 Å². The first-order valence-corrected chi connectivity index (χ1v) is 7.35. The number of fused-ring (bicyclic) bond motifs is 2. The molecule has 0 unspecified atom stereocenters. The van der Waals surface area contributed by atoms with Crippen LogP contribution in [0.4, 0.5) is 5.69 Å². The number of aromatic amines is 1. The third kappa shape index (κ3) is 2.08. The molecule has 0 aliphatic carbocycles. The average molecular weight is 293 g/mol. The van der Waals surface area contributed by atoms with E-state index >= 15 is 0 Å². The van der Waals surface area contributed by atoms with Gasteiger partial charge in [0.2, 0.25) is 0 Å². The van der Waals surface area contributed by atoms with Crippen molar-refractivity contribution < 1.29 is 4.79 Å². The summed E-state index contributed by atoms with van der Waals surface area (Å²) in [6, 6.07) is 15.6. The highest BCUT2D eigenvalue weighted by Gasteiger charge is 2.12. The van der Waals surface area contributed by atoms with E-state index in [0.29, 0.717) is 4.88 Å². The van der Waals surface area contributed by atoms with Crippen LogP contribution in [0.5, 0.6) is 0 Å². The minimum absolute atomic E-state index is 0.0988. The summed E-state index contributed by atoms with van der Waals surface area (Å²) in [5.74, 6) is -0.0988. The number of hydrogen-bond acceptors (Lipinski definition) is 3.